The lowest BCUT2D eigenvalue weighted by Crippen LogP contribution is -2.30. The Morgan fingerprint density at radius 1 is 0.968 bits per heavy atom. The summed E-state index contributed by atoms with van der Waals surface area (Å²) in [7, 11) is 0. The Bertz CT molecular complexity index is 1010. The molecule has 1 unspecified atom stereocenters. The van der Waals surface area contributed by atoms with Crippen LogP contribution in [0.5, 0.6) is 0 Å². The molecule has 0 aliphatic carbocycles. The number of Topliss-reactive ketones (excluding diaryl/α,β-unsaturated/α-hetero) is 1. The first-order chi connectivity index (χ1) is 14.8. The number of nitrogens with zero attached hydrogens (tertiary/aromatic N) is 1. The average molecular weight is 425 g/mol. The molecule has 162 valence electrons. The van der Waals surface area contributed by atoms with E-state index in [9.17, 15) is 23.9 Å². The number of carbonyl (C=O) groups is 3. The van der Waals surface area contributed by atoms with Crippen LogP contribution in [0.15, 0.2) is 54.1 Å². The number of likely N-dealkylation sites (tertiary alicyclic amines) is 1. The minimum atomic E-state index is -0.876. The van der Waals surface area contributed by atoms with Gasteiger partial charge in [0.15, 0.2) is 0 Å². The molecule has 1 aliphatic rings. The fraction of sp³-hybridized carbons (Fsp3) is 0.292. The molecule has 1 atom stereocenters. The molecule has 3 rings (SSSR count). The molecule has 0 aromatic heterocycles. The van der Waals surface area contributed by atoms with E-state index in [1.54, 1.807) is 12.1 Å². The number of aliphatic carboxylic acids is 1. The molecule has 2 aromatic rings. The molecule has 6 nitrogen and oxygen atoms in total. The van der Waals surface area contributed by atoms with Crippen LogP contribution in [0.2, 0.25) is 0 Å². The van der Waals surface area contributed by atoms with Crippen molar-refractivity contribution in [3.05, 3.63) is 76.6 Å². The quantitative estimate of drug-likeness (QED) is 0.286. The first kappa shape index (κ1) is 22.2. The largest absolute Gasteiger partial charge is 0.507 e. The summed E-state index contributed by atoms with van der Waals surface area (Å²) >= 11 is 0. The predicted octanol–water partition coefficient (Wildman–Crippen LogP) is 4.20. The molecule has 1 amide bonds. The summed E-state index contributed by atoms with van der Waals surface area (Å²) < 4.78 is 13.3. The van der Waals surface area contributed by atoms with E-state index in [-0.39, 0.29) is 29.9 Å². The molecule has 0 bridgehead atoms. The fourth-order valence-corrected chi connectivity index (χ4v) is 3.70. The molecule has 1 saturated heterocycles. The second kappa shape index (κ2) is 9.55. The summed E-state index contributed by atoms with van der Waals surface area (Å²) in [6.07, 6.45) is 1.64. The number of halogens is 1. The topological polar surface area (TPSA) is 94.9 Å². The van der Waals surface area contributed by atoms with Crippen LogP contribution in [-0.2, 0) is 14.4 Å². The maximum atomic E-state index is 13.3. The standard InChI is InChI=1S/C24H24FNO5/c1-15-6-8-16(9-7-15)21-20(22(29)17-10-12-18(25)13-11-17)23(30)24(31)26(21)14-4-2-3-5-19(27)28/h6-13,21,29H,2-5,14H2,1H3,(H,27,28)/b22-20-. The molecule has 2 aromatic carbocycles. The van der Waals surface area contributed by atoms with Crippen LogP contribution in [0, 0.1) is 12.7 Å². The van der Waals surface area contributed by atoms with Gasteiger partial charge in [0.1, 0.15) is 11.6 Å². The Balaban J connectivity index is 1.96. The van der Waals surface area contributed by atoms with Crippen LogP contribution < -0.4 is 0 Å². The van der Waals surface area contributed by atoms with E-state index in [1.807, 2.05) is 19.1 Å². The first-order valence-corrected chi connectivity index (χ1v) is 10.1. The number of carboxylic acids is 1. The van der Waals surface area contributed by atoms with Gasteiger partial charge < -0.3 is 15.1 Å². The molecular formula is C24H24FNO5. The Hall–Kier alpha value is -3.48. The molecule has 1 fully saturated rings. The number of carboxylic acid groups (broad SMARTS) is 1. The first-order valence-electron chi connectivity index (χ1n) is 10.1. The number of ketones is 1. The smallest absolute Gasteiger partial charge is 0.303 e. The predicted molar refractivity (Wildman–Crippen MR) is 113 cm³/mol. The van der Waals surface area contributed by atoms with Crippen LogP contribution in [-0.4, -0.2) is 39.3 Å². The van der Waals surface area contributed by atoms with Crippen LogP contribution in [0.3, 0.4) is 0 Å². The third kappa shape index (κ3) is 4.99. The van der Waals surface area contributed by atoms with Crippen LogP contribution in [0.25, 0.3) is 5.76 Å². The van der Waals surface area contributed by atoms with Gasteiger partial charge in [0, 0.05) is 18.5 Å². The zero-order valence-corrected chi connectivity index (χ0v) is 17.2. The molecular weight excluding hydrogens is 401 g/mol. The monoisotopic (exact) mass is 425 g/mol. The van der Waals surface area contributed by atoms with Crippen LogP contribution >= 0.6 is 0 Å². The molecule has 1 heterocycles. The lowest BCUT2D eigenvalue weighted by Gasteiger charge is -2.25. The number of aryl methyl sites for hydroxylation is 1. The zero-order valence-electron chi connectivity index (χ0n) is 17.2. The van der Waals surface area contributed by atoms with Gasteiger partial charge in [-0.3, -0.25) is 14.4 Å². The van der Waals surface area contributed by atoms with Gasteiger partial charge in [-0.2, -0.15) is 0 Å². The van der Waals surface area contributed by atoms with Crippen LogP contribution in [0.1, 0.15) is 48.4 Å². The van der Waals surface area contributed by atoms with Crippen molar-refractivity contribution in [1.82, 2.24) is 4.90 Å². The number of aliphatic hydroxyl groups excluding tert-OH is 1. The number of rotatable bonds is 8. The third-order valence-corrected chi connectivity index (χ3v) is 5.34. The second-order valence-electron chi connectivity index (χ2n) is 7.61. The number of hydrogen-bond acceptors (Lipinski definition) is 4. The molecule has 2 N–H and O–H groups in total. The summed E-state index contributed by atoms with van der Waals surface area (Å²) in [5.41, 5.74) is 1.90. The lowest BCUT2D eigenvalue weighted by atomic mass is 9.94. The van der Waals surface area contributed by atoms with Crippen molar-refractivity contribution in [2.45, 2.75) is 38.6 Å². The highest BCUT2D eigenvalue weighted by Crippen LogP contribution is 2.39. The van der Waals surface area contributed by atoms with Crippen molar-refractivity contribution in [2.75, 3.05) is 6.54 Å². The third-order valence-electron chi connectivity index (χ3n) is 5.34. The molecule has 0 saturated carbocycles. The number of benzene rings is 2. The highest BCUT2D eigenvalue weighted by Gasteiger charge is 2.45. The van der Waals surface area contributed by atoms with Gasteiger partial charge in [-0.1, -0.05) is 36.2 Å². The van der Waals surface area contributed by atoms with Gasteiger partial charge in [0.05, 0.1) is 11.6 Å². The fourth-order valence-electron chi connectivity index (χ4n) is 3.70. The molecule has 0 spiro atoms. The van der Waals surface area contributed by atoms with Crippen molar-refractivity contribution in [3.63, 3.8) is 0 Å². The average Bonchev–Trinajstić information content (AvgIpc) is 2.99. The highest BCUT2D eigenvalue weighted by molar-refractivity contribution is 6.46. The number of hydrogen-bond donors (Lipinski definition) is 2. The summed E-state index contributed by atoms with van der Waals surface area (Å²) in [6, 6.07) is 11.6. The number of carbonyl (C=O) groups excluding carboxylic acids is 2. The highest BCUT2D eigenvalue weighted by atomic mass is 19.1. The second-order valence-corrected chi connectivity index (χ2v) is 7.61. The van der Waals surface area contributed by atoms with Gasteiger partial charge in [-0.15, -0.1) is 0 Å². The van der Waals surface area contributed by atoms with E-state index in [0.717, 1.165) is 5.56 Å². The molecule has 0 radical (unpaired) electrons. The summed E-state index contributed by atoms with van der Waals surface area (Å²) in [5.74, 6) is -3.21. The Morgan fingerprint density at radius 2 is 1.61 bits per heavy atom. The van der Waals surface area contributed by atoms with E-state index >= 15 is 0 Å². The normalized spacial score (nSPS) is 17.9. The van der Waals surface area contributed by atoms with Crippen molar-refractivity contribution in [1.29, 1.82) is 0 Å². The van der Waals surface area contributed by atoms with Crippen molar-refractivity contribution in [2.24, 2.45) is 0 Å². The van der Waals surface area contributed by atoms with Gasteiger partial charge in [0.25, 0.3) is 11.7 Å². The van der Waals surface area contributed by atoms with Gasteiger partial charge in [-0.25, -0.2) is 4.39 Å². The van der Waals surface area contributed by atoms with Gasteiger partial charge in [0.2, 0.25) is 0 Å². The van der Waals surface area contributed by atoms with E-state index in [0.29, 0.717) is 24.8 Å². The minimum Gasteiger partial charge on any atom is -0.507 e. The summed E-state index contributed by atoms with van der Waals surface area (Å²) in [4.78, 5) is 37.8. The van der Waals surface area contributed by atoms with E-state index in [1.165, 1.54) is 29.2 Å². The number of unbranched alkanes of at least 4 members (excludes halogenated alkanes) is 2. The Labute approximate surface area is 179 Å². The zero-order chi connectivity index (χ0) is 22.5. The van der Waals surface area contributed by atoms with E-state index in [4.69, 9.17) is 5.11 Å². The Kier molecular flexibility index (Phi) is 6.84. The van der Waals surface area contributed by atoms with Gasteiger partial charge >= 0.3 is 5.97 Å². The summed E-state index contributed by atoms with van der Waals surface area (Å²) in [5, 5.41) is 19.6. The molecule has 1 aliphatic heterocycles. The Morgan fingerprint density at radius 3 is 2.23 bits per heavy atom. The number of amides is 1. The van der Waals surface area contributed by atoms with E-state index in [2.05, 4.69) is 0 Å². The van der Waals surface area contributed by atoms with Crippen molar-refractivity contribution in [3.8, 4) is 0 Å². The molecule has 31 heavy (non-hydrogen) atoms. The van der Waals surface area contributed by atoms with Crippen LogP contribution in [0.4, 0.5) is 4.39 Å². The number of aliphatic hydroxyl groups is 1. The minimum absolute atomic E-state index is 0.0361. The maximum Gasteiger partial charge on any atom is 0.303 e. The van der Waals surface area contributed by atoms with Crippen molar-refractivity contribution >= 4 is 23.4 Å². The summed E-state index contributed by atoms with van der Waals surface area (Å²) in [6.45, 7) is 2.17. The lowest BCUT2D eigenvalue weighted by molar-refractivity contribution is -0.140. The van der Waals surface area contributed by atoms with Crippen molar-refractivity contribution < 1.29 is 29.0 Å². The maximum absolute atomic E-state index is 13.3. The van der Waals surface area contributed by atoms with Gasteiger partial charge in [-0.05, 0) is 49.6 Å². The molecule has 7 heteroatoms. The SMILES string of the molecule is Cc1ccc(C2/C(=C(/O)c3ccc(F)cc3)C(=O)C(=O)N2CCCCCC(=O)O)cc1. The van der Waals surface area contributed by atoms with E-state index < -0.39 is 29.5 Å².